The molecule has 0 unspecified atom stereocenters. The summed E-state index contributed by atoms with van der Waals surface area (Å²) in [5, 5.41) is 2.96. The van der Waals surface area contributed by atoms with Crippen LogP contribution in [0.3, 0.4) is 0 Å². The highest BCUT2D eigenvalue weighted by atomic mass is 19.1. The molecule has 0 bridgehead atoms. The van der Waals surface area contributed by atoms with E-state index in [9.17, 15) is 8.78 Å². The zero-order valence-corrected chi connectivity index (χ0v) is 9.18. The molecule has 1 aromatic carbocycles. The summed E-state index contributed by atoms with van der Waals surface area (Å²) in [5.41, 5.74) is 0.741. The van der Waals surface area contributed by atoms with Crippen molar-refractivity contribution in [3.8, 4) is 0 Å². The Morgan fingerprint density at radius 3 is 2.81 bits per heavy atom. The molecule has 0 amide bonds. The number of benzene rings is 1. The molecule has 0 aliphatic heterocycles. The zero-order valence-electron chi connectivity index (χ0n) is 9.18. The molecule has 2 rings (SSSR count). The van der Waals surface area contributed by atoms with Gasteiger partial charge in [0, 0.05) is 6.04 Å². The number of halogens is 2. The van der Waals surface area contributed by atoms with Crippen LogP contribution in [0.2, 0.25) is 0 Å². The van der Waals surface area contributed by atoms with Crippen molar-refractivity contribution in [3.63, 3.8) is 0 Å². The topological polar surface area (TPSA) is 25.2 Å². The molecule has 2 aromatic rings. The number of furan rings is 1. The summed E-state index contributed by atoms with van der Waals surface area (Å²) in [7, 11) is 1.81. The van der Waals surface area contributed by atoms with Crippen LogP contribution in [0.1, 0.15) is 12.5 Å². The molecule has 1 aromatic heterocycles. The molecule has 1 heterocycles. The van der Waals surface area contributed by atoms with E-state index in [1.165, 1.54) is 0 Å². The Morgan fingerprint density at radius 2 is 2.12 bits per heavy atom. The van der Waals surface area contributed by atoms with Crippen molar-refractivity contribution in [2.75, 3.05) is 7.05 Å². The van der Waals surface area contributed by atoms with Crippen LogP contribution < -0.4 is 5.32 Å². The third-order valence-corrected chi connectivity index (χ3v) is 2.73. The second-order valence-corrected chi connectivity index (χ2v) is 3.89. The summed E-state index contributed by atoms with van der Waals surface area (Å²) in [4.78, 5) is 0. The molecule has 1 atom stereocenters. The molecule has 0 aliphatic carbocycles. The fourth-order valence-corrected chi connectivity index (χ4v) is 1.69. The SMILES string of the molecule is CN[C@H](C)Cc1ccc2occ(F)c2c1F. The lowest BCUT2D eigenvalue weighted by Crippen LogP contribution is -2.24. The molecule has 0 aliphatic rings. The van der Waals surface area contributed by atoms with Gasteiger partial charge >= 0.3 is 0 Å². The smallest absolute Gasteiger partial charge is 0.172 e. The highest BCUT2D eigenvalue weighted by Gasteiger charge is 2.15. The van der Waals surface area contributed by atoms with Gasteiger partial charge in [-0.3, -0.25) is 0 Å². The van der Waals surface area contributed by atoms with Gasteiger partial charge in [0.1, 0.15) is 17.7 Å². The van der Waals surface area contributed by atoms with Gasteiger partial charge in [0.25, 0.3) is 0 Å². The maximum absolute atomic E-state index is 13.9. The first-order valence-corrected chi connectivity index (χ1v) is 5.14. The van der Waals surface area contributed by atoms with Gasteiger partial charge in [-0.25, -0.2) is 8.78 Å². The number of rotatable bonds is 3. The summed E-state index contributed by atoms with van der Waals surface area (Å²) < 4.78 is 32.1. The predicted molar refractivity (Wildman–Crippen MR) is 58.4 cm³/mol. The Balaban J connectivity index is 2.47. The number of hydrogen-bond acceptors (Lipinski definition) is 2. The van der Waals surface area contributed by atoms with Gasteiger partial charge < -0.3 is 9.73 Å². The van der Waals surface area contributed by atoms with E-state index in [-0.39, 0.29) is 17.0 Å². The van der Waals surface area contributed by atoms with Crippen molar-refractivity contribution in [2.24, 2.45) is 0 Å². The lowest BCUT2D eigenvalue weighted by molar-refractivity contribution is 0.555. The zero-order chi connectivity index (χ0) is 11.7. The summed E-state index contributed by atoms with van der Waals surface area (Å²) in [5.74, 6) is -1.17. The van der Waals surface area contributed by atoms with Crippen LogP contribution in [0.5, 0.6) is 0 Å². The Kier molecular flexibility index (Phi) is 2.92. The van der Waals surface area contributed by atoms with Gasteiger partial charge in [-0.2, -0.15) is 0 Å². The maximum atomic E-state index is 13.9. The summed E-state index contributed by atoms with van der Waals surface area (Å²) in [6, 6.07) is 3.37. The number of hydrogen-bond donors (Lipinski definition) is 1. The molecule has 4 heteroatoms. The van der Waals surface area contributed by atoms with E-state index in [0.29, 0.717) is 12.0 Å². The summed E-state index contributed by atoms with van der Waals surface area (Å²) in [6.07, 6.45) is 1.45. The minimum absolute atomic E-state index is 0.0548. The molecule has 2 nitrogen and oxygen atoms in total. The standard InChI is InChI=1S/C12H13F2NO/c1-7(15-2)5-8-3-4-10-11(12(8)14)9(13)6-16-10/h3-4,6-7,15H,5H2,1-2H3/t7-/m1/s1. The average molecular weight is 225 g/mol. The van der Waals surface area contributed by atoms with E-state index < -0.39 is 11.6 Å². The van der Waals surface area contributed by atoms with Crippen molar-refractivity contribution < 1.29 is 13.2 Å². The van der Waals surface area contributed by atoms with Crippen molar-refractivity contribution in [1.82, 2.24) is 5.32 Å². The number of likely N-dealkylation sites (N-methyl/N-ethyl adjacent to an activating group) is 1. The van der Waals surface area contributed by atoms with Crippen molar-refractivity contribution in [1.29, 1.82) is 0 Å². The Bertz CT molecular complexity index is 507. The van der Waals surface area contributed by atoms with Crippen LogP contribution in [0, 0.1) is 11.6 Å². The average Bonchev–Trinajstić information content (AvgIpc) is 2.65. The third kappa shape index (κ3) is 1.80. The van der Waals surface area contributed by atoms with Gasteiger partial charge in [-0.15, -0.1) is 0 Å². The first kappa shape index (κ1) is 11.1. The summed E-state index contributed by atoms with van der Waals surface area (Å²) >= 11 is 0. The predicted octanol–water partition coefficient (Wildman–Crippen LogP) is 2.86. The minimum Gasteiger partial charge on any atom is -0.461 e. The molecule has 0 radical (unpaired) electrons. The maximum Gasteiger partial charge on any atom is 0.172 e. The Hall–Kier alpha value is -1.42. The van der Waals surface area contributed by atoms with Gasteiger partial charge in [0.05, 0.1) is 5.39 Å². The second kappa shape index (κ2) is 4.22. The fraction of sp³-hybridized carbons (Fsp3) is 0.333. The fourth-order valence-electron chi connectivity index (χ4n) is 1.69. The van der Waals surface area contributed by atoms with E-state index >= 15 is 0 Å². The highest BCUT2D eigenvalue weighted by Crippen LogP contribution is 2.25. The largest absolute Gasteiger partial charge is 0.461 e. The molecule has 0 saturated carbocycles. The molecule has 1 N–H and O–H groups in total. The lowest BCUT2D eigenvalue weighted by Gasteiger charge is -2.10. The normalized spacial score (nSPS) is 13.2. The van der Waals surface area contributed by atoms with E-state index in [1.54, 1.807) is 19.2 Å². The quantitative estimate of drug-likeness (QED) is 0.868. The van der Waals surface area contributed by atoms with Crippen molar-refractivity contribution in [2.45, 2.75) is 19.4 Å². The third-order valence-electron chi connectivity index (χ3n) is 2.73. The van der Waals surface area contributed by atoms with Crippen molar-refractivity contribution >= 4 is 11.0 Å². The van der Waals surface area contributed by atoms with E-state index in [1.807, 2.05) is 6.92 Å². The molecule has 16 heavy (non-hydrogen) atoms. The number of nitrogens with one attached hydrogen (secondary N) is 1. The van der Waals surface area contributed by atoms with Crippen LogP contribution in [0.15, 0.2) is 22.8 Å². The van der Waals surface area contributed by atoms with Crippen LogP contribution in [-0.2, 0) is 6.42 Å². The lowest BCUT2D eigenvalue weighted by atomic mass is 10.0. The number of fused-ring (bicyclic) bond motifs is 1. The van der Waals surface area contributed by atoms with Crippen LogP contribution in [0.4, 0.5) is 8.78 Å². The highest BCUT2D eigenvalue weighted by molar-refractivity contribution is 5.79. The Labute approximate surface area is 92.2 Å². The molecular weight excluding hydrogens is 212 g/mol. The molecule has 0 fully saturated rings. The van der Waals surface area contributed by atoms with Gasteiger partial charge in [0.2, 0.25) is 0 Å². The summed E-state index contributed by atoms with van der Waals surface area (Å²) in [6.45, 7) is 1.94. The Morgan fingerprint density at radius 1 is 1.38 bits per heavy atom. The van der Waals surface area contributed by atoms with E-state index in [0.717, 1.165) is 6.26 Å². The van der Waals surface area contributed by atoms with Gasteiger partial charge in [0.15, 0.2) is 5.82 Å². The first-order valence-electron chi connectivity index (χ1n) is 5.14. The van der Waals surface area contributed by atoms with Crippen molar-refractivity contribution in [3.05, 3.63) is 35.6 Å². The minimum atomic E-state index is -0.647. The first-order chi connectivity index (χ1) is 7.63. The van der Waals surface area contributed by atoms with E-state index in [2.05, 4.69) is 5.32 Å². The second-order valence-electron chi connectivity index (χ2n) is 3.89. The molecule has 0 spiro atoms. The van der Waals surface area contributed by atoms with Gasteiger partial charge in [-0.1, -0.05) is 6.07 Å². The van der Waals surface area contributed by atoms with Crippen LogP contribution in [-0.4, -0.2) is 13.1 Å². The van der Waals surface area contributed by atoms with Crippen LogP contribution >= 0.6 is 0 Å². The van der Waals surface area contributed by atoms with Crippen LogP contribution in [0.25, 0.3) is 11.0 Å². The monoisotopic (exact) mass is 225 g/mol. The molecular formula is C12H13F2NO. The molecule has 86 valence electrons. The van der Waals surface area contributed by atoms with E-state index in [4.69, 9.17) is 4.42 Å². The molecule has 0 saturated heterocycles. The van der Waals surface area contributed by atoms with Gasteiger partial charge in [-0.05, 0) is 32.0 Å².